The first kappa shape index (κ1) is 13.4. The third-order valence-electron chi connectivity index (χ3n) is 3.53. The van der Waals surface area contributed by atoms with Gasteiger partial charge >= 0.3 is 0 Å². The number of hydrogen-bond donors (Lipinski definition) is 1. The molecule has 17 heavy (non-hydrogen) atoms. The van der Waals surface area contributed by atoms with Crippen LogP contribution in [0.25, 0.3) is 0 Å². The summed E-state index contributed by atoms with van der Waals surface area (Å²) in [7, 11) is 0. The van der Waals surface area contributed by atoms with Gasteiger partial charge in [0.05, 0.1) is 0 Å². The van der Waals surface area contributed by atoms with Gasteiger partial charge in [0, 0.05) is 21.9 Å². The molecule has 0 radical (unpaired) electrons. The van der Waals surface area contributed by atoms with E-state index in [2.05, 4.69) is 42.4 Å². The Morgan fingerprint density at radius 1 is 1.47 bits per heavy atom. The molecule has 0 spiro atoms. The molecule has 0 aliphatic heterocycles. The lowest BCUT2D eigenvalue weighted by atomic mass is 10.1. The molecular formula is C14H23NS2. The van der Waals surface area contributed by atoms with Gasteiger partial charge in [-0.05, 0) is 43.3 Å². The first-order valence-corrected chi connectivity index (χ1v) is 8.63. The quantitative estimate of drug-likeness (QED) is 0.822. The summed E-state index contributed by atoms with van der Waals surface area (Å²) in [4.78, 5) is 1.47. The first-order valence-electron chi connectivity index (χ1n) is 6.70. The molecule has 1 N–H and O–H groups in total. The first-order chi connectivity index (χ1) is 8.31. The molecule has 1 nitrogen and oxygen atoms in total. The van der Waals surface area contributed by atoms with E-state index in [1.165, 1.54) is 41.9 Å². The molecule has 3 heteroatoms. The van der Waals surface area contributed by atoms with E-state index < -0.39 is 0 Å². The predicted molar refractivity (Wildman–Crippen MR) is 80.2 cm³/mol. The van der Waals surface area contributed by atoms with Gasteiger partial charge in [0.1, 0.15) is 0 Å². The van der Waals surface area contributed by atoms with Crippen LogP contribution in [-0.2, 0) is 0 Å². The third-order valence-corrected chi connectivity index (χ3v) is 5.86. The van der Waals surface area contributed by atoms with Crippen LogP contribution in [0.2, 0.25) is 0 Å². The van der Waals surface area contributed by atoms with Crippen LogP contribution in [0.5, 0.6) is 0 Å². The van der Waals surface area contributed by atoms with Crippen molar-refractivity contribution in [2.45, 2.75) is 50.8 Å². The lowest BCUT2D eigenvalue weighted by molar-refractivity contribution is 0.604. The van der Waals surface area contributed by atoms with Crippen LogP contribution in [0.4, 0.5) is 0 Å². The fourth-order valence-corrected chi connectivity index (χ4v) is 4.74. The summed E-state index contributed by atoms with van der Waals surface area (Å²) in [5.41, 5.74) is 1.52. The molecule has 1 unspecified atom stereocenters. The van der Waals surface area contributed by atoms with E-state index in [0.29, 0.717) is 6.04 Å². The number of thiophene rings is 1. The molecule has 0 aromatic carbocycles. The van der Waals surface area contributed by atoms with Crippen LogP contribution in [0, 0.1) is 6.92 Å². The van der Waals surface area contributed by atoms with Crippen molar-refractivity contribution in [3.05, 3.63) is 21.9 Å². The molecule has 1 heterocycles. The maximum Gasteiger partial charge on any atom is 0.0422 e. The van der Waals surface area contributed by atoms with Gasteiger partial charge in [-0.3, -0.25) is 0 Å². The number of rotatable bonds is 6. The molecule has 1 aliphatic rings. The van der Waals surface area contributed by atoms with Gasteiger partial charge in [-0.15, -0.1) is 11.3 Å². The molecule has 1 aliphatic carbocycles. The normalized spacial score (nSPS) is 18.7. The maximum absolute atomic E-state index is 3.64. The highest BCUT2D eigenvalue weighted by atomic mass is 32.2. The summed E-state index contributed by atoms with van der Waals surface area (Å²) in [6.07, 6.45) is 5.76. The third kappa shape index (κ3) is 3.73. The smallest absolute Gasteiger partial charge is 0.0422 e. The van der Waals surface area contributed by atoms with E-state index >= 15 is 0 Å². The highest BCUT2D eigenvalue weighted by Gasteiger charge is 2.19. The molecule has 96 valence electrons. The minimum atomic E-state index is 0.553. The van der Waals surface area contributed by atoms with Crippen LogP contribution in [-0.4, -0.2) is 17.5 Å². The predicted octanol–water partition coefficient (Wildman–Crippen LogP) is 4.38. The zero-order chi connectivity index (χ0) is 12.1. The zero-order valence-electron chi connectivity index (χ0n) is 10.9. The molecule has 1 aromatic heterocycles. The molecule has 0 bridgehead atoms. The molecule has 1 fully saturated rings. The molecule has 1 atom stereocenters. The van der Waals surface area contributed by atoms with Crippen LogP contribution < -0.4 is 5.32 Å². The standard InChI is InChI=1S/C14H23NS2/c1-3-15-14(13-8-9-16-11(13)2)10-17-12-6-4-5-7-12/h8-9,12,14-15H,3-7,10H2,1-2H3. The summed E-state index contributed by atoms with van der Waals surface area (Å²) in [5, 5.41) is 6.78. The van der Waals surface area contributed by atoms with Gasteiger partial charge in [0.2, 0.25) is 0 Å². The van der Waals surface area contributed by atoms with Crippen LogP contribution in [0.1, 0.15) is 49.1 Å². The minimum Gasteiger partial charge on any atom is -0.309 e. The summed E-state index contributed by atoms with van der Waals surface area (Å²) in [6, 6.07) is 2.85. The average molecular weight is 269 g/mol. The fourth-order valence-electron chi connectivity index (χ4n) is 2.55. The van der Waals surface area contributed by atoms with Crippen LogP contribution in [0.15, 0.2) is 11.4 Å². The van der Waals surface area contributed by atoms with Crippen molar-refractivity contribution in [2.24, 2.45) is 0 Å². The number of aryl methyl sites for hydroxylation is 1. The van der Waals surface area contributed by atoms with Crippen LogP contribution in [0.3, 0.4) is 0 Å². The zero-order valence-corrected chi connectivity index (χ0v) is 12.5. The van der Waals surface area contributed by atoms with Crippen molar-refractivity contribution in [1.29, 1.82) is 0 Å². The summed E-state index contributed by atoms with van der Waals surface area (Å²) < 4.78 is 0. The SMILES string of the molecule is CCNC(CSC1CCCC1)c1ccsc1C. The number of hydrogen-bond acceptors (Lipinski definition) is 3. The largest absolute Gasteiger partial charge is 0.309 e. The highest BCUT2D eigenvalue weighted by molar-refractivity contribution is 7.99. The number of thioether (sulfide) groups is 1. The van der Waals surface area contributed by atoms with Crippen molar-refractivity contribution < 1.29 is 0 Å². The Hall–Kier alpha value is 0.01000. The lowest BCUT2D eigenvalue weighted by Crippen LogP contribution is -2.23. The van der Waals surface area contributed by atoms with E-state index in [4.69, 9.17) is 0 Å². The van der Waals surface area contributed by atoms with Crippen molar-refractivity contribution in [2.75, 3.05) is 12.3 Å². The van der Waals surface area contributed by atoms with E-state index in [-0.39, 0.29) is 0 Å². The van der Waals surface area contributed by atoms with Gasteiger partial charge in [0.15, 0.2) is 0 Å². The van der Waals surface area contributed by atoms with Gasteiger partial charge in [0.25, 0.3) is 0 Å². The summed E-state index contributed by atoms with van der Waals surface area (Å²) in [6.45, 7) is 5.50. The Balaban J connectivity index is 1.90. The Labute approximate surface area is 113 Å². The van der Waals surface area contributed by atoms with Crippen LogP contribution >= 0.6 is 23.1 Å². The minimum absolute atomic E-state index is 0.553. The maximum atomic E-state index is 3.64. The molecular weight excluding hydrogens is 246 g/mol. The van der Waals surface area contributed by atoms with Gasteiger partial charge in [-0.25, -0.2) is 0 Å². The second-order valence-corrected chi connectivity index (χ2v) is 7.24. The Bertz CT molecular complexity index is 329. The van der Waals surface area contributed by atoms with Crippen molar-refractivity contribution in [3.63, 3.8) is 0 Å². The Morgan fingerprint density at radius 2 is 2.24 bits per heavy atom. The summed E-state index contributed by atoms with van der Waals surface area (Å²) in [5.74, 6) is 1.23. The van der Waals surface area contributed by atoms with E-state index in [0.717, 1.165) is 11.8 Å². The topological polar surface area (TPSA) is 12.0 Å². The van der Waals surface area contributed by atoms with E-state index in [9.17, 15) is 0 Å². The van der Waals surface area contributed by atoms with Crippen molar-refractivity contribution in [1.82, 2.24) is 5.32 Å². The number of nitrogens with one attached hydrogen (secondary N) is 1. The van der Waals surface area contributed by atoms with Gasteiger partial charge < -0.3 is 5.32 Å². The second-order valence-electron chi connectivity index (χ2n) is 4.78. The second kappa shape index (κ2) is 6.81. The van der Waals surface area contributed by atoms with E-state index in [1.807, 2.05) is 11.3 Å². The van der Waals surface area contributed by atoms with Gasteiger partial charge in [-0.2, -0.15) is 11.8 Å². The van der Waals surface area contributed by atoms with Gasteiger partial charge in [-0.1, -0.05) is 19.8 Å². The molecule has 0 saturated heterocycles. The molecule has 2 rings (SSSR count). The Morgan fingerprint density at radius 3 is 2.82 bits per heavy atom. The Kier molecular flexibility index (Phi) is 5.39. The average Bonchev–Trinajstić information content (AvgIpc) is 2.95. The fraction of sp³-hybridized carbons (Fsp3) is 0.714. The monoisotopic (exact) mass is 269 g/mol. The summed E-state index contributed by atoms with van der Waals surface area (Å²) >= 11 is 4.05. The van der Waals surface area contributed by atoms with E-state index in [1.54, 1.807) is 0 Å². The lowest BCUT2D eigenvalue weighted by Gasteiger charge is -2.19. The molecule has 0 amide bonds. The van der Waals surface area contributed by atoms with Crippen molar-refractivity contribution >= 4 is 23.1 Å². The molecule has 1 aromatic rings. The molecule has 1 saturated carbocycles. The highest BCUT2D eigenvalue weighted by Crippen LogP contribution is 2.33. The van der Waals surface area contributed by atoms with Crippen molar-refractivity contribution in [3.8, 4) is 0 Å².